The highest BCUT2D eigenvalue weighted by Gasteiger charge is 2.65. The second kappa shape index (κ2) is 5.76. The minimum atomic E-state index is -1.19. The largest absolute Gasteiger partial charge is 0.444 e. The highest BCUT2D eigenvalue weighted by Crippen LogP contribution is 2.61. The second-order valence-electron chi connectivity index (χ2n) is 10.0. The van der Waals surface area contributed by atoms with E-state index >= 15 is 0 Å². The molecule has 134 valence electrons. The summed E-state index contributed by atoms with van der Waals surface area (Å²) in [4.78, 5) is 14.8. The molecular formula is C18H35NO3Si. The minimum Gasteiger partial charge on any atom is -0.444 e. The summed E-state index contributed by atoms with van der Waals surface area (Å²) in [6.45, 7) is 19.1. The van der Waals surface area contributed by atoms with Gasteiger partial charge in [0.15, 0.2) is 9.04 Å². The van der Waals surface area contributed by atoms with Crippen LogP contribution in [-0.2, 0) is 9.16 Å². The molecule has 1 saturated carbocycles. The average Bonchev–Trinajstić information content (AvgIpc) is 2.84. The van der Waals surface area contributed by atoms with Gasteiger partial charge in [0.05, 0.1) is 12.1 Å². The molecule has 0 bridgehead atoms. The maximum Gasteiger partial charge on any atom is 0.410 e. The van der Waals surface area contributed by atoms with E-state index in [4.69, 9.17) is 9.16 Å². The Kier molecular flexibility index (Phi) is 4.71. The molecule has 0 aromatic rings. The molecule has 0 N–H and O–H groups in total. The molecule has 0 spiro atoms. The Morgan fingerprint density at radius 1 is 1.17 bits per heavy atom. The molecule has 0 aromatic heterocycles. The van der Waals surface area contributed by atoms with E-state index in [1.807, 2.05) is 25.7 Å². The lowest BCUT2D eigenvalue weighted by Crippen LogP contribution is -2.53. The van der Waals surface area contributed by atoms with Crippen molar-refractivity contribution in [2.75, 3.05) is 0 Å². The van der Waals surface area contributed by atoms with Crippen LogP contribution in [-0.4, -0.2) is 43.8 Å². The van der Waals surface area contributed by atoms with Crippen molar-refractivity contribution in [1.82, 2.24) is 4.90 Å². The number of carbonyl (C=O) groups excluding carboxylic acids is 1. The molecule has 1 saturated heterocycles. The van der Waals surface area contributed by atoms with Gasteiger partial charge in [-0.05, 0) is 57.5 Å². The zero-order valence-corrected chi connectivity index (χ0v) is 17.6. The summed E-state index contributed by atoms with van der Waals surface area (Å²) in [5.74, 6) is 0. The number of rotatable bonds is 3. The van der Waals surface area contributed by atoms with Crippen molar-refractivity contribution in [2.24, 2.45) is 10.8 Å². The molecular weight excluding hydrogens is 306 g/mol. The van der Waals surface area contributed by atoms with Crippen LogP contribution in [0, 0.1) is 10.8 Å². The first kappa shape index (κ1) is 18.8. The molecule has 2 rings (SSSR count). The van der Waals surface area contributed by atoms with Crippen LogP contribution < -0.4 is 0 Å². The summed E-state index contributed by atoms with van der Waals surface area (Å²) in [7, 11) is -1.19. The van der Waals surface area contributed by atoms with E-state index in [0.717, 1.165) is 12.8 Å². The first-order chi connectivity index (χ1) is 10.2. The number of hydrogen-bond donors (Lipinski definition) is 0. The number of likely N-dealkylation sites (tertiary alicyclic amines) is 1. The molecule has 5 heteroatoms. The third-order valence-electron chi connectivity index (χ3n) is 4.90. The van der Waals surface area contributed by atoms with Gasteiger partial charge in [-0.3, -0.25) is 4.90 Å². The van der Waals surface area contributed by atoms with E-state index in [1.54, 1.807) is 0 Å². The Hall–Kier alpha value is -0.553. The van der Waals surface area contributed by atoms with Crippen molar-refractivity contribution in [3.05, 3.63) is 0 Å². The van der Waals surface area contributed by atoms with E-state index in [-0.39, 0.29) is 29.1 Å². The smallest absolute Gasteiger partial charge is 0.410 e. The van der Waals surface area contributed by atoms with E-state index in [1.165, 1.54) is 0 Å². The number of carbonyl (C=O) groups is 1. The summed E-state index contributed by atoms with van der Waals surface area (Å²) in [6, 6.07) is 0.452. The topological polar surface area (TPSA) is 38.8 Å². The molecule has 2 aliphatic rings. The molecule has 23 heavy (non-hydrogen) atoms. The molecule has 2 fully saturated rings. The van der Waals surface area contributed by atoms with Gasteiger partial charge in [-0.1, -0.05) is 27.7 Å². The van der Waals surface area contributed by atoms with Gasteiger partial charge in [0, 0.05) is 6.04 Å². The zero-order valence-electron chi connectivity index (χ0n) is 16.4. The number of amides is 1. The van der Waals surface area contributed by atoms with Crippen molar-refractivity contribution >= 4 is 15.1 Å². The molecule has 1 heterocycles. The maximum absolute atomic E-state index is 12.8. The maximum atomic E-state index is 12.8. The first-order valence-electron chi connectivity index (χ1n) is 8.91. The Balaban J connectivity index is 2.25. The van der Waals surface area contributed by atoms with E-state index in [0.29, 0.717) is 6.04 Å². The molecule has 1 aliphatic heterocycles. The summed E-state index contributed by atoms with van der Waals surface area (Å²) < 4.78 is 12.1. The van der Waals surface area contributed by atoms with Crippen LogP contribution in [0.5, 0.6) is 0 Å². The van der Waals surface area contributed by atoms with Gasteiger partial charge in [-0.25, -0.2) is 4.79 Å². The fourth-order valence-electron chi connectivity index (χ4n) is 3.84. The lowest BCUT2D eigenvalue weighted by molar-refractivity contribution is -0.0205. The summed E-state index contributed by atoms with van der Waals surface area (Å²) in [5, 5.41) is 0. The predicted molar refractivity (Wildman–Crippen MR) is 96.2 cm³/mol. The average molecular weight is 342 g/mol. The third kappa shape index (κ3) is 4.11. The quantitative estimate of drug-likeness (QED) is 0.723. The number of fused-ring (bicyclic) bond motifs is 1. The monoisotopic (exact) mass is 341 g/mol. The van der Waals surface area contributed by atoms with Gasteiger partial charge < -0.3 is 9.16 Å². The molecule has 1 aliphatic carbocycles. The lowest BCUT2D eigenvalue weighted by Gasteiger charge is -2.42. The van der Waals surface area contributed by atoms with Crippen LogP contribution in [0.4, 0.5) is 4.79 Å². The van der Waals surface area contributed by atoms with Crippen LogP contribution >= 0.6 is 0 Å². The van der Waals surface area contributed by atoms with Crippen LogP contribution in [0.1, 0.15) is 61.3 Å². The van der Waals surface area contributed by atoms with Crippen molar-refractivity contribution < 1.29 is 14.0 Å². The van der Waals surface area contributed by atoms with Crippen LogP contribution in [0.25, 0.3) is 0 Å². The van der Waals surface area contributed by atoms with E-state index in [2.05, 4.69) is 40.8 Å². The fourth-order valence-corrected chi connectivity index (χ4v) is 5.01. The normalized spacial score (nSPS) is 32.0. The molecule has 1 unspecified atom stereocenters. The Labute approximate surface area is 143 Å². The SMILES string of the molecule is C[SiH](C)OC([C@@H]1C[C@@]2(C)C[C@H]2N1C(=O)OC(C)(C)C)C(C)(C)C. The van der Waals surface area contributed by atoms with Gasteiger partial charge in [0.1, 0.15) is 5.60 Å². The summed E-state index contributed by atoms with van der Waals surface area (Å²) >= 11 is 0. The predicted octanol–water partition coefficient (Wildman–Crippen LogP) is 4.19. The Morgan fingerprint density at radius 3 is 2.17 bits per heavy atom. The number of hydrogen-bond acceptors (Lipinski definition) is 3. The van der Waals surface area contributed by atoms with Gasteiger partial charge in [-0.15, -0.1) is 0 Å². The summed E-state index contributed by atoms with van der Waals surface area (Å²) in [6.07, 6.45) is 2.03. The first-order valence-corrected chi connectivity index (χ1v) is 11.7. The van der Waals surface area contributed by atoms with Gasteiger partial charge >= 0.3 is 6.09 Å². The fraction of sp³-hybridized carbons (Fsp3) is 0.944. The summed E-state index contributed by atoms with van der Waals surface area (Å²) in [5.41, 5.74) is -0.192. The number of nitrogens with zero attached hydrogens (tertiary/aromatic N) is 1. The standard InChI is InChI=1S/C18H35NO3Si/c1-16(2,3)14(22-23(8)9)12-10-18(7)11-13(18)19(12)15(20)21-17(4,5)6/h12-14,23H,10-11H2,1-9H3/t12-,13+,14?,18-/m0/s1. The molecule has 1 amide bonds. The van der Waals surface area contributed by atoms with Gasteiger partial charge in [-0.2, -0.15) is 0 Å². The number of ether oxygens (including phenoxy) is 1. The molecule has 4 atom stereocenters. The van der Waals surface area contributed by atoms with Crippen LogP contribution in [0.2, 0.25) is 13.1 Å². The van der Waals surface area contributed by atoms with Crippen molar-refractivity contribution in [3.8, 4) is 0 Å². The third-order valence-corrected chi connectivity index (χ3v) is 5.74. The Morgan fingerprint density at radius 2 is 1.74 bits per heavy atom. The van der Waals surface area contributed by atoms with Crippen molar-refractivity contribution in [1.29, 1.82) is 0 Å². The van der Waals surface area contributed by atoms with Crippen molar-refractivity contribution in [3.63, 3.8) is 0 Å². The second-order valence-corrected chi connectivity index (χ2v) is 12.4. The van der Waals surface area contributed by atoms with Gasteiger partial charge in [0.2, 0.25) is 0 Å². The van der Waals surface area contributed by atoms with E-state index < -0.39 is 14.6 Å². The van der Waals surface area contributed by atoms with E-state index in [9.17, 15) is 4.79 Å². The van der Waals surface area contributed by atoms with Crippen LogP contribution in [0.3, 0.4) is 0 Å². The Bertz CT molecular complexity index is 466. The highest BCUT2D eigenvalue weighted by atomic mass is 28.3. The van der Waals surface area contributed by atoms with Gasteiger partial charge in [0.25, 0.3) is 0 Å². The molecule has 4 nitrogen and oxygen atoms in total. The highest BCUT2D eigenvalue weighted by molar-refractivity contribution is 6.48. The molecule has 0 radical (unpaired) electrons. The molecule has 0 aromatic carbocycles. The lowest BCUT2D eigenvalue weighted by atomic mass is 9.82. The number of piperidine rings is 1. The van der Waals surface area contributed by atoms with Crippen molar-refractivity contribution in [2.45, 2.75) is 98.2 Å². The van der Waals surface area contributed by atoms with Crippen LogP contribution in [0.15, 0.2) is 0 Å². The zero-order chi connectivity index (χ0) is 17.8. The minimum absolute atomic E-state index is 0.00927.